The van der Waals surface area contributed by atoms with Gasteiger partial charge in [-0.15, -0.1) is 0 Å². The maximum atomic E-state index is 11.7. The Balaban J connectivity index is 1.16. The van der Waals surface area contributed by atoms with E-state index in [0.717, 1.165) is 42.2 Å². The normalized spacial score (nSPS) is 18.6. The van der Waals surface area contributed by atoms with Crippen molar-refractivity contribution >= 4 is 28.1 Å². The first-order chi connectivity index (χ1) is 18.0. The molecule has 2 aliphatic rings. The van der Waals surface area contributed by atoms with Crippen molar-refractivity contribution in [2.75, 3.05) is 18.0 Å². The Kier molecular flexibility index (Phi) is 6.09. The van der Waals surface area contributed by atoms with Crippen LogP contribution in [-0.4, -0.2) is 30.3 Å². The van der Waals surface area contributed by atoms with Crippen LogP contribution in [0.2, 0.25) is 0 Å². The molecule has 0 aromatic heterocycles. The number of carboxylic acid groups (broad SMARTS) is 1. The van der Waals surface area contributed by atoms with Crippen molar-refractivity contribution in [3.05, 3.63) is 102 Å². The van der Waals surface area contributed by atoms with E-state index >= 15 is 0 Å². The molecule has 0 amide bonds. The van der Waals surface area contributed by atoms with Gasteiger partial charge in [-0.2, -0.15) is 0 Å². The second-order valence-corrected chi connectivity index (χ2v) is 10.3. The van der Waals surface area contributed by atoms with Gasteiger partial charge < -0.3 is 20.1 Å². The molecule has 37 heavy (non-hydrogen) atoms. The van der Waals surface area contributed by atoms with Gasteiger partial charge >= 0.3 is 5.97 Å². The summed E-state index contributed by atoms with van der Waals surface area (Å²) in [5.41, 5.74) is 3.62. The number of rotatable bonds is 8. The fourth-order valence-corrected chi connectivity index (χ4v) is 5.60. The first kappa shape index (κ1) is 23.6. The Bertz CT molecular complexity index is 1420. The zero-order valence-electron chi connectivity index (χ0n) is 21.1. The van der Waals surface area contributed by atoms with Crippen LogP contribution >= 0.6 is 0 Å². The van der Waals surface area contributed by atoms with Crippen molar-refractivity contribution in [2.24, 2.45) is 0 Å². The SMILES string of the molecule is C[C@@H](NCCC1CN(c2ccc(C3(C(=O)O)CC3)cc2)c2ccccc2O1)c1cccc2ccccc12. The number of para-hydroxylation sites is 2. The Morgan fingerprint density at radius 3 is 2.51 bits per heavy atom. The minimum Gasteiger partial charge on any atom is -0.486 e. The zero-order chi connectivity index (χ0) is 25.4. The monoisotopic (exact) mass is 492 g/mol. The molecule has 1 fully saturated rings. The van der Waals surface area contributed by atoms with E-state index in [2.05, 4.69) is 77.8 Å². The Labute approximate surface area is 217 Å². The van der Waals surface area contributed by atoms with E-state index in [1.807, 2.05) is 30.3 Å². The highest BCUT2D eigenvalue weighted by Gasteiger charge is 2.51. The minimum absolute atomic E-state index is 0.0376. The van der Waals surface area contributed by atoms with E-state index in [-0.39, 0.29) is 12.1 Å². The van der Waals surface area contributed by atoms with Crippen LogP contribution < -0.4 is 15.0 Å². The predicted molar refractivity (Wildman–Crippen MR) is 148 cm³/mol. The van der Waals surface area contributed by atoms with Gasteiger partial charge in [-0.1, -0.05) is 66.7 Å². The lowest BCUT2D eigenvalue weighted by molar-refractivity contribution is -0.140. The largest absolute Gasteiger partial charge is 0.486 e. The number of nitrogens with one attached hydrogen (secondary N) is 1. The van der Waals surface area contributed by atoms with Crippen LogP contribution in [0, 0.1) is 0 Å². The molecule has 1 aliphatic carbocycles. The summed E-state index contributed by atoms with van der Waals surface area (Å²) in [6.07, 6.45) is 2.35. The highest BCUT2D eigenvalue weighted by atomic mass is 16.5. The lowest BCUT2D eigenvalue weighted by Crippen LogP contribution is -2.39. The van der Waals surface area contributed by atoms with Gasteiger partial charge in [-0.3, -0.25) is 4.79 Å². The number of anilines is 2. The van der Waals surface area contributed by atoms with Gasteiger partial charge in [0, 0.05) is 11.7 Å². The van der Waals surface area contributed by atoms with Gasteiger partial charge in [-0.25, -0.2) is 0 Å². The molecule has 1 aliphatic heterocycles. The van der Waals surface area contributed by atoms with E-state index in [1.165, 1.54) is 16.3 Å². The number of fused-ring (bicyclic) bond motifs is 2. The van der Waals surface area contributed by atoms with Crippen molar-refractivity contribution in [3.63, 3.8) is 0 Å². The molecule has 0 spiro atoms. The van der Waals surface area contributed by atoms with Crippen LogP contribution in [0.4, 0.5) is 11.4 Å². The van der Waals surface area contributed by atoms with E-state index in [1.54, 1.807) is 0 Å². The first-order valence-electron chi connectivity index (χ1n) is 13.1. The number of nitrogens with zero attached hydrogens (tertiary/aromatic N) is 1. The molecule has 2 N–H and O–H groups in total. The number of carboxylic acids is 1. The highest BCUT2D eigenvalue weighted by Crippen LogP contribution is 2.49. The molecule has 2 atom stereocenters. The highest BCUT2D eigenvalue weighted by molar-refractivity contribution is 5.86. The van der Waals surface area contributed by atoms with Crippen LogP contribution in [0.1, 0.15) is 43.4 Å². The Morgan fingerprint density at radius 1 is 1.00 bits per heavy atom. The maximum Gasteiger partial charge on any atom is 0.314 e. The van der Waals surface area contributed by atoms with Gasteiger partial charge in [0.05, 0.1) is 17.6 Å². The van der Waals surface area contributed by atoms with Gasteiger partial charge in [-0.05, 0) is 78.9 Å². The Morgan fingerprint density at radius 2 is 1.73 bits per heavy atom. The predicted octanol–water partition coefficient (Wildman–Crippen LogP) is 6.60. The van der Waals surface area contributed by atoms with Gasteiger partial charge in [0.15, 0.2) is 0 Å². The smallest absolute Gasteiger partial charge is 0.314 e. The van der Waals surface area contributed by atoms with Crippen LogP contribution in [0.25, 0.3) is 10.8 Å². The molecule has 0 radical (unpaired) electrons. The van der Waals surface area contributed by atoms with Crippen LogP contribution in [0.15, 0.2) is 91.0 Å². The molecule has 4 aromatic rings. The van der Waals surface area contributed by atoms with Crippen molar-refractivity contribution in [1.29, 1.82) is 0 Å². The van der Waals surface area contributed by atoms with Crippen molar-refractivity contribution in [1.82, 2.24) is 5.32 Å². The summed E-state index contributed by atoms with van der Waals surface area (Å²) in [7, 11) is 0. The molecule has 5 nitrogen and oxygen atoms in total. The number of hydrogen-bond donors (Lipinski definition) is 2. The zero-order valence-corrected chi connectivity index (χ0v) is 21.1. The fourth-order valence-electron chi connectivity index (χ4n) is 5.60. The summed E-state index contributed by atoms with van der Waals surface area (Å²) in [6.45, 7) is 3.80. The quantitative estimate of drug-likeness (QED) is 0.290. The summed E-state index contributed by atoms with van der Waals surface area (Å²) in [4.78, 5) is 14.0. The van der Waals surface area contributed by atoms with Gasteiger partial charge in [0.25, 0.3) is 0 Å². The van der Waals surface area contributed by atoms with Crippen LogP contribution in [0.3, 0.4) is 0 Å². The molecule has 1 saturated carbocycles. The summed E-state index contributed by atoms with van der Waals surface area (Å²) in [5, 5.41) is 15.9. The molecule has 4 aromatic carbocycles. The third-order valence-electron chi connectivity index (χ3n) is 7.93. The summed E-state index contributed by atoms with van der Waals surface area (Å²) >= 11 is 0. The summed E-state index contributed by atoms with van der Waals surface area (Å²) in [5.74, 6) is 0.163. The molecular weight excluding hydrogens is 460 g/mol. The van der Waals surface area contributed by atoms with E-state index < -0.39 is 11.4 Å². The van der Waals surface area contributed by atoms with Crippen LogP contribution in [0.5, 0.6) is 5.75 Å². The second-order valence-electron chi connectivity index (χ2n) is 10.3. The van der Waals surface area contributed by atoms with Gasteiger partial charge in [0.2, 0.25) is 0 Å². The third kappa shape index (κ3) is 4.44. The van der Waals surface area contributed by atoms with Gasteiger partial charge in [0.1, 0.15) is 11.9 Å². The summed E-state index contributed by atoms with van der Waals surface area (Å²) in [6, 6.07) is 31.5. The molecule has 0 bridgehead atoms. The molecular formula is C32H32N2O3. The molecule has 188 valence electrons. The average molecular weight is 493 g/mol. The molecule has 6 rings (SSSR count). The lowest BCUT2D eigenvalue weighted by atomic mass is 9.96. The van der Waals surface area contributed by atoms with Crippen LogP contribution in [-0.2, 0) is 10.2 Å². The Hall–Kier alpha value is -3.83. The molecule has 1 unspecified atom stereocenters. The standard InChI is InChI=1S/C32H32N2O3/c1-22(27-10-6-8-23-7-2-3-9-28(23)27)33-20-17-26-21-34(29-11-4-5-12-30(29)37-26)25-15-13-24(14-16-25)32(18-19-32)31(35)36/h2-16,22,26,33H,17-21H2,1H3,(H,35,36)/t22-,26?/m1/s1. The summed E-state index contributed by atoms with van der Waals surface area (Å²) < 4.78 is 6.40. The number of ether oxygens (including phenoxy) is 1. The number of benzene rings is 4. The van der Waals surface area contributed by atoms with Crippen molar-refractivity contribution in [2.45, 2.75) is 43.7 Å². The topological polar surface area (TPSA) is 61.8 Å². The lowest BCUT2D eigenvalue weighted by Gasteiger charge is -2.36. The second kappa shape index (κ2) is 9.56. The molecule has 1 heterocycles. The van der Waals surface area contributed by atoms with E-state index in [9.17, 15) is 9.90 Å². The average Bonchev–Trinajstić information content (AvgIpc) is 3.75. The first-order valence-corrected chi connectivity index (χ1v) is 13.1. The number of aliphatic carboxylic acids is 1. The van der Waals surface area contributed by atoms with Crippen molar-refractivity contribution < 1.29 is 14.6 Å². The molecule has 5 heteroatoms. The minimum atomic E-state index is -0.720. The van der Waals surface area contributed by atoms with Crippen molar-refractivity contribution in [3.8, 4) is 5.75 Å². The fraction of sp³-hybridized carbons (Fsp3) is 0.281. The van der Waals surface area contributed by atoms with E-state index in [4.69, 9.17) is 4.74 Å². The number of carbonyl (C=O) groups is 1. The van der Waals surface area contributed by atoms with E-state index in [0.29, 0.717) is 12.8 Å². The number of hydrogen-bond acceptors (Lipinski definition) is 4. The molecule has 0 saturated heterocycles. The maximum absolute atomic E-state index is 11.7. The third-order valence-corrected chi connectivity index (χ3v) is 7.93.